The van der Waals surface area contributed by atoms with E-state index >= 15 is 0 Å². The number of rotatable bonds is 7. The van der Waals surface area contributed by atoms with E-state index in [0.717, 1.165) is 38.9 Å². The van der Waals surface area contributed by atoms with E-state index in [1.54, 1.807) is 0 Å². The van der Waals surface area contributed by atoms with Gasteiger partial charge in [-0.2, -0.15) is 0 Å². The Hall–Kier alpha value is -0.950. The summed E-state index contributed by atoms with van der Waals surface area (Å²) >= 11 is 0. The second kappa shape index (κ2) is 7.30. The molecule has 1 aromatic rings. The number of morpholine rings is 1. The van der Waals surface area contributed by atoms with E-state index in [9.17, 15) is 8.42 Å². The van der Waals surface area contributed by atoms with Crippen molar-refractivity contribution in [2.24, 2.45) is 0 Å². The summed E-state index contributed by atoms with van der Waals surface area (Å²) in [6.07, 6.45) is 2.45. The summed E-state index contributed by atoms with van der Waals surface area (Å²) in [5.74, 6) is 0. The van der Waals surface area contributed by atoms with Crippen LogP contribution in [0.3, 0.4) is 0 Å². The standard InChI is InChI=1S/C17H26N2O3S/c1-14-4-2-3-5-15(14)12-19-10-11-22-16(13-19)8-9-18-23(20,21)17-6-7-17/h2-5,16-18H,6-13H2,1H3/t16-/m0/s1. The number of hydrogen-bond donors (Lipinski definition) is 1. The van der Waals surface area contributed by atoms with E-state index < -0.39 is 10.0 Å². The zero-order valence-corrected chi connectivity index (χ0v) is 14.5. The average molecular weight is 338 g/mol. The molecule has 2 fully saturated rings. The van der Waals surface area contributed by atoms with E-state index in [-0.39, 0.29) is 11.4 Å². The molecule has 6 heteroatoms. The van der Waals surface area contributed by atoms with Gasteiger partial charge in [-0.3, -0.25) is 4.90 Å². The fourth-order valence-electron chi connectivity index (χ4n) is 2.99. The molecule has 128 valence electrons. The Morgan fingerprint density at radius 3 is 2.83 bits per heavy atom. The van der Waals surface area contributed by atoms with Crippen LogP contribution in [0.15, 0.2) is 24.3 Å². The first kappa shape index (κ1) is 16.9. The summed E-state index contributed by atoms with van der Waals surface area (Å²) in [5.41, 5.74) is 2.66. The molecule has 1 aliphatic carbocycles. The van der Waals surface area contributed by atoms with E-state index in [0.29, 0.717) is 13.2 Å². The molecule has 0 radical (unpaired) electrons. The monoisotopic (exact) mass is 338 g/mol. The summed E-state index contributed by atoms with van der Waals surface area (Å²) < 4.78 is 32.1. The first-order valence-electron chi connectivity index (χ1n) is 8.41. The van der Waals surface area contributed by atoms with Crippen LogP contribution >= 0.6 is 0 Å². The number of aryl methyl sites for hydroxylation is 1. The van der Waals surface area contributed by atoms with Gasteiger partial charge in [0.15, 0.2) is 0 Å². The number of hydrogen-bond acceptors (Lipinski definition) is 4. The van der Waals surface area contributed by atoms with Crippen LogP contribution in [0.4, 0.5) is 0 Å². The predicted octanol–water partition coefficient (Wildman–Crippen LogP) is 1.67. The van der Waals surface area contributed by atoms with Crippen molar-refractivity contribution in [3.8, 4) is 0 Å². The largest absolute Gasteiger partial charge is 0.376 e. The van der Waals surface area contributed by atoms with Gasteiger partial charge in [-0.15, -0.1) is 0 Å². The normalized spacial score (nSPS) is 23.1. The molecule has 2 aliphatic rings. The fraction of sp³-hybridized carbons (Fsp3) is 0.647. The Morgan fingerprint density at radius 2 is 2.09 bits per heavy atom. The molecule has 0 unspecified atom stereocenters. The maximum atomic E-state index is 11.8. The van der Waals surface area contributed by atoms with Crippen molar-refractivity contribution in [1.82, 2.24) is 9.62 Å². The topological polar surface area (TPSA) is 58.6 Å². The van der Waals surface area contributed by atoms with Crippen molar-refractivity contribution in [3.63, 3.8) is 0 Å². The van der Waals surface area contributed by atoms with Crippen LogP contribution in [0.1, 0.15) is 30.4 Å². The summed E-state index contributed by atoms with van der Waals surface area (Å²) in [6.45, 7) is 6.05. The Balaban J connectivity index is 1.45. The maximum absolute atomic E-state index is 11.8. The second-order valence-corrected chi connectivity index (χ2v) is 8.63. The molecule has 1 saturated heterocycles. The van der Waals surface area contributed by atoms with Crippen LogP contribution in [-0.2, 0) is 21.3 Å². The molecular weight excluding hydrogens is 312 g/mol. The molecule has 1 N–H and O–H groups in total. The molecule has 1 aromatic carbocycles. The molecule has 5 nitrogen and oxygen atoms in total. The van der Waals surface area contributed by atoms with Crippen molar-refractivity contribution in [1.29, 1.82) is 0 Å². The molecule has 0 spiro atoms. The van der Waals surface area contributed by atoms with Gasteiger partial charge in [0.2, 0.25) is 10.0 Å². The lowest BCUT2D eigenvalue weighted by molar-refractivity contribution is -0.0339. The Kier molecular flexibility index (Phi) is 5.36. The molecule has 1 saturated carbocycles. The van der Waals surface area contributed by atoms with Crippen LogP contribution in [0, 0.1) is 6.92 Å². The summed E-state index contributed by atoms with van der Waals surface area (Å²) in [7, 11) is -3.07. The smallest absolute Gasteiger partial charge is 0.214 e. The highest BCUT2D eigenvalue weighted by Crippen LogP contribution is 2.27. The number of benzene rings is 1. The Bertz CT molecular complexity index is 628. The second-order valence-electron chi connectivity index (χ2n) is 6.58. The zero-order valence-electron chi connectivity index (χ0n) is 13.7. The third kappa shape index (κ3) is 4.76. The maximum Gasteiger partial charge on any atom is 0.214 e. The minimum Gasteiger partial charge on any atom is -0.376 e. The molecular formula is C17H26N2O3S. The molecule has 23 heavy (non-hydrogen) atoms. The van der Waals surface area contributed by atoms with Crippen LogP contribution in [0.2, 0.25) is 0 Å². The van der Waals surface area contributed by atoms with Gasteiger partial charge >= 0.3 is 0 Å². The minimum atomic E-state index is -3.07. The first-order valence-corrected chi connectivity index (χ1v) is 9.96. The van der Waals surface area contributed by atoms with Crippen LogP contribution in [0.25, 0.3) is 0 Å². The number of nitrogens with one attached hydrogen (secondary N) is 1. The van der Waals surface area contributed by atoms with Crippen molar-refractivity contribution in [3.05, 3.63) is 35.4 Å². The van der Waals surface area contributed by atoms with Crippen LogP contribution in [-0.4, -0.2) is 50.9 Å². The van der Waals surface area contributed by atoms with E-state index in [4.69, 9.17) is 4.74 Å². The quantitative estimate of drug-likeness (QED) is 0.822. The molecule has 3 rings (SSSR count). The third-order valence-electron chi connectivity index (χ3n) is 4.61. The van der Waals surface area contributed by atoms with Gasteiger partial charge in [0.05, 0.1) is 18.0 Å². The van der Waals surface area contributed by atoms with E-state index in [2.05, 4.69) is 40.8 Å². The molecule has 0 bridgehead atoms. The highest BCUT2D eigenvalue weighted by atomic mass is 32.2. The minimum absolute atomic E-state index is 0.106. The van der Waals surface area contributed by atoms with Gasteiger partial charge in [0, 0.05) is 26.2 Å². The van der Waals surface area contributed by atoms with Crippen molar-refractivity contribution in [2.75, 3.05) is 26.2 Å². The number of sulfonamides is 1. The summed E-state index contributed by atoms with van der Waals surface area (Å²) in [6, 6.07) is 8.45. The van der Waals surface area contributed by atoms with Gasteiger partial charge in [-0.1, -0.05) is 24.3 Å². The molecule has 0 amide bonds. The lowest BCUT2D eigenvalue weighted by Gasteiger charge is -2.33. The van der Waals surface area contributed by atoms with Crippen molar-refractivity contribution < 1.29 is 13.2 Å². The lowest BCUT2D eigenvalue weighted by atomic mass is 10.1. The number of nitrogens with zero attached hydrogens (tertiary/aromatic N) is 1. The fourth-order valence-corrected chi connectivity index (χ4v) is 4.38. The highest BCUT2D eigenvalue weighted by Gasteiger charge is 2.35. The zero-order chi connectivity index (χ0) is 16.3. The molecule has 1 aliphatic heterocycles. The SMILES string of the molecule is Cc1ccccc1CN1CCO[C@@H](CCNS(=O)(=O)C2CC2)C1. The third-order valence-corrected chi connectivity index (χ3v) is 6.57. The number of ether oxygens (including phenoxy) is 1. The Labute approximate surface area is 139 Å². The Morgan fingerprint density at radius 1 is 1.30 bits per heavy atom. The van der Waals surface area contributed by atoms with Crippen molar-refractivity contribution in [2.45, 2.75) is 44.1 Å². The van der Waals surface area contributed by atoms with E-state index in [1.807, 2.05) is 0 Å². The van der Waals surface area contributed by atoms with Crippen LogP contribution < -0.4 is 4.72 Å². The highest BCUT2D eigenvalue weighted by molar-refractivity contribution is 7.90. The summed E-state index contributed by atoms with van der Waals surface area (Å²) in [5, 5.41) is -0.146. The molecule has 1 atom stereocenters. The molecule has 0 aromatic heterocycles. The summed E-state index contributed by atoms with van der Waals surface area (Å²) in [4.78, 5) is 2.39. The van der Waals surface area contributed by atoms with Gasteiger partial charge in [0.25, 0.3) is 0 Å². The average Bonchev–Trinajstić information content (AvgIpc) is 3.35. The van der Waals surface area contributed by atoms with Gasteiger partial charge in [0.1, 0.15) is 0 Å². The van der Waals surface area contributed by atoms with Gasteiger partial charge < -0.3 is 4.74 Å². The first-order chi connectivity index (χ1) is 11.0. The van der Waals surface area contributed by atoms with Crippen molar-refractivity contribution >= 4 is 10.0 Å². The van der Waals surface area contributed by atoms with E-state index in [1.165, 1.54) is 11.1 Å². The predicted molar refractivity (Wildman–Crippen MR) is 90.8 cm³/mol. The van der Waals surface area contributed by atoms with Gasteiger partial charge in [-0.05, 0) is 37.3 Å². The van der Waals surface area contributed by atoms with Gasteiger partial charge in [-0.25, -0.2) is 13.1 Å². The molecule has 1 heterocycles. The van der Waals surface area contributed by atoms with Crippen LogP contribution in [0.5, 0.6) is 0 Å². The lowest BCUT2D eigenvalue weighted by Crippen LogP contribution is -2.43.